The molecule has 0 saturated carbocycles. The first kappa shape index (κ1) is 18.1. The smallest absolute Gasteiger partial charge is 0.328 e. The Bertz CT molecular complexity index is 931. The van der Waals surface area contributed by atoms with Gasteiger partial charge >= 0.3 is 5.69 Å². The fourth-order valence-electron chi connectivity index (χ4n) is 3.44. The number of aryl methyl sites for hydroxylation is 3. The van der Waals surface area contributed by atoms with Crippen LogP contribution in [0, 0.1) is 13.8 Å². The molecule has 1 aliphatic rings. The minimum absolute atomic E-state index is 0.0363. The number of carbonyl (C=O) groups excluding carboxylic acids is 1. The average molecular weight is 357 g/mol. The molecule has 0 aliphatic carbocycles. The van der Waals surface area contributed by atoms with Crippen LogP contribution in [-0.2, 0) is 16.1 Å². The Morgan fingerprint density at radius 1 is 1.08 bits per heavy atom. The minimum atomic E-state index is -0.464. The monoisotopic (exact) mass is 357 g/mol. The number of nitrogens with one attached hydrogen (secondary N) is 1. The summed E-state index contributed by atoms with van der Waals surface area (Å²) >= 11 is 0. The summed E-state index contributed by atoms with van der Waals surface area (Å²) in [7, 11) is 1.55. The molecule has 138 valence electrons. The third kappa shape index (κ3) is 3.22. The number of carbonyl (C=O) groups is 1. The normalized spacial score (nSPS) is 19.5. The highest BCUT2D eigenvalue weighted by Crippen LogP contribution is 2.38. The van der Waals surface area contributed by atoms with Crippen LogP contribution >= 0.6 is 0 Å². The molecule has 26 heavy (non-hydrogen) atoms. The molecule has 0 unspecified atom stereocenters. The van der Waals surface area contributed by atoms with Gasteiger partial charge in [0.25, 0.3) is 11.5 Å². The molecule has 1 fully saturated rings. The molecular formula is C19H23N3O4. The molecule has 1 aromatic heterocycles. The van der Waals surface area contributed by atoms with Gasteiger partial charge in [-0.15, -0.1) is 0 Å². The summed E-state index contributed by atoms with van der Waals surface area (Å²) in [5.41, 5.74) is 1.88. The Kier molecular flexibility index (Phi) is 5.08. The number of aromatic nitrogens is 2. The van der Waals surface area contributed by atoms with Gasteiger partial charge in [0.15, 0.2) is 6.10 Å². The van der Waals surface area contributed by atoms with Gasteiger partial charge in [0.05, 0.1) is 6.04 Å². The van der Waals surface area contributed by atoms with E-state index in [2.05, 4.69) is 4.98 Å². The van der Waals surface area contributed by atoms with Crippen molar-refractivity contribution in [3.8, 4) is 0 Å². The van der Waals surface area contributed by atoms with Crippen molar-refractivity contribution in [2.24, 2.45) is 0 Å². The second-order valence-electron chi connectivity index (χ2n) is 6.61. The highest BCUT2D eigenvalue weighted by atomic mass is 16.5. The summed E-state index contributed by atoms with van der Waals surface area (Å²) in [6, 6.07) is 7.85. The quantitative estimate of drug-likeness (QED) is 0.786. The molecule has 2 aromatic rings. The molecule has 0 radical (unpaired) electrons. The molecule has 3 rings (SSSR count). The summed E-state index contributed by atoms with van der Waals surface area (Å²) in [5, 5.41) is 0. The summed E-state index contributed by atoms with van der Waals surface area (Å²) < 4.78 is 6.85. The van der Waals surface area contributed by atoms with E-state index in [9.17, 15) is 14.4 Å². The van der Waals surface area contributed by atoms with Crippen molar-refractivity contribution in [2.75, 3.05) is 13.7 Å². The number of amides is 1. The van der Waals surface area contributed by atoms with Crippen molar-refractivity contribution in [1.82, 2.24) is 14.5 Å². The van der Waals surface area contributed by atoms with Gasteiger partial charge in [-0.05, 0) is 31.4 Å². The number of ether oxygens (including phenoxy) is 1. The summed E-state index contributed by atoms with van der Waals surface area (Å²) in [4.78, 5) is 39.8. The van der Waals surface area contributed by atoms with Gasteiger partial charge in [-0.2, -0.15) is 0 Å². The summed E-state index contributed by atoms with van der Waals surface area (Å²) in [5.74, 6) is -0.0363. The maximum atomic E-state index is 12.4. The Hall–Kier alpha value is -2.67. The topological polar surface area (TPSA) is 84.4 Å². The summed E-state index contributed by atoms with van der Waals surface area (Å²) in [6.07, 6.45) is 1.69. The molecule has 0 spiro atoms. The van der Waals surface area contributed by atoms with E-state index in [1.807, 2.05) is 31.2 Å². The highest BCUT2D eigenvalue weighted by Gasteiger charge is 2.48. The molecule has 1 amide bonds. The summed E-state index contributed by atoms with van der Waals surface area (Å²) in [6.45, 7) is 4.62. The van der Waals surface area contributed by atoms with Crippen molar-refractivity contribution < 1.29 is 9.53 Å². The van der Waals surface area contributed by atoms with Crippen molar-refractivity contribution in [1.29, 1.82) is 0 Å². The number of H-pyrrole nitrogens is 1. The van der Waals surface area contributed by atoms with E-state index in [0.717, 1.165) is 11.1 Å². The molecule has 1 aliphatic heterocycles. The number of benzene rings is 1. The van der Waals surface area contributed by atoms with E-state index in [0.29, 0.717) is 25.1 Å². The van der Waals surface area contributed by atoms with Crippen LogP contribution in [-0.4, -0.2) is 40.1 Å². The number of aromatic amines is 1. The Morgan fingerprint density at radius 3 is 2.50 bits per heavy atom. The second kappa shape index (κ2) is 7.29. The molecule has 0 bridgehead atoms. The van der Waals surface area contributed by atoms with Crippen LogP contribution in [0.2, 0.25) is 0 Å². The number of hydrogen-bond donors (Lipinski definition) is 1. The minimum Gasteiger partial charge on any atom is -0.369 e. The van der Waals surface area contributed by atoms with Gasteiger partial charge in [0.1, 0.15) is 0 Å². The van der Waals surface area contributed by atoms with Crippen molar-refractivity contribution in [2.45, 2.75) is 39.0 Å². The van der Waals surface area contributed by atoms with Crippen LogP contribution in [0.5, 0.6) is 0 Å². The van der Waals surface area contributed by atoms with Crippen LogP contribution in [0.25, 0.3) is 0 Å². The first-order valence-corrected chi connectivity index (χ1v) is 8.63. The third-order valence-electron chi connectivity index (χ3n) is 4.90. The van der Waals surface area contributed by atoms with Gasteiger partial charge in [0, 0.05) is 32.0 Å². The SMILES string of the molecule is CO[C@@H]1C(=O)N(CCCn2cc(C)c(=O)[nH]c2=O)[C@@H]1c1ccccc1C. The zero-order valence-electron chi connectivity index (χ0n) is 15.2. The maximum absolute atomic E-state index is 12.4. The number of likely N-dealkylation sites (tertiary alicyclic amines) is 1. The fraction of sp³-hybridized carbons (Fsp3) is 0.421. The van der Waals surface area contributed by atoms with Gasteiger partial charge in [-0.3, -0.25) is 14.6 Å². The lowest BCUT2D eigenvalue weighted by molar-refractivity contribution is -0.171. The zero-order chi connectivity index (χ0) is 18.8. The van der Waals surface area contributed by atoms with Crippen LogP contribution in [0.1, 0.15) is 29.2 Å². The number of rotatable bonds is 6. The van der Waals surface area contributed by atoms with E-state index in [4.69, 9.17) is 4.74 Å². The fourth-order valence-corrected chi connectivity index (χ4v) is 3.44. The maximum Gasteiger partial charge on any atom is 0.328 e. The van der Waals surface area contributed by atoms with E-state index in [1.54, 1.807) is 25.1 Å². The Balaban J connectivity index is 1.72. The molecule has 1 aromatic carbocycles. The van der Waals surface area contributed by atoms with Crippen LogP contribution in [0.15, 0.2) is 40.1 Å². The van der Waals surface area contributed by atoms with Crippen LogP contribution in [0.4, 0.5) is 0 Å². The lowest BCUT2D eigenvalue weighted by atomic mass is 9.88. The predicted molar refractivity (Wildman–Crippen MR) is 97.1 cm³/mol. The molecule has 1 saturated heterocycles. The molecule has 2 heterocycles. The largest absolute Gasteiger partial charge is 0.369 e. The van der Waals surface area contributed by atoms with Crippen LogP contribution < -0.4 is 11.2 Å². The van der Waals surface area contributed by atoms with Crippen molar-refractivity contribution >= 4 is 5.91 Å². The number of hydrogen-bond acceptors (Lipinski definition) is 4. The zero-order valence-corrected chi connectivity index (χ0v) is 15.2. The average Bonchev–Trinajstić information content (AvgIpc) is 2.61. The molecule has 1 N–H and O–H groups in total. The second-order valence-corrected chi connectivity index (χ2v) is 6.61. The lowest BCUT2D eigenvalue weighted by Gasteiger charge is -2.47. The third-order valence-corrected chi connectivity index (χ3v) is 4.90. The van der Waals surface area contributed by atoms with Crippen molar-refractivity contribution in [3.05, 3.63) is 68.0 Å². The molecule has 7 heteroatoms. The molecular weight excluding hydrogens is 334 g/mol. The number of β-lactam (4-membered cyclic amide) rings is 1. The van der Waals surface area contributed by atoms with E-state index >= 15 is 0 Å². The first-order chi connectivity index (χ1) is 12.4. The predicted octanol–water partition coefficient (Wildman–Crippen LogP) is 1.14. The first-order valence-electron chi connectivity index (χ1n) is 8.63. The Morgan fingerprint density at radius 2 is 1.81 bits per heavy atom. The van der Waals surface area contributed by atoms with E-state index < -0.39 is 11.8 Å². The van der Waals surface area contributed by atoms with Gasteiger partial charge in [0.2, 0.25) is 0 Å². The number of methoxy groups -OCH3 is 1. The standard InChI is InChI=1S/C19H23N3O4/c1-12-7-4-5-8-14(12)15-16(26-3)18(24)22(15)10-6-9-21-11-13(2)17(23)20-19(21)25/h4-5,7-8,11,15-16H,6,9-10H2,1-3H3,(H,20,23,25)/t15-,16+/m1/s1. The number of nitrogens with zero attached hydrogens (tertiary/aromatic N) is 2. The molecule has 2 atom stereocenters. The van der Waals surface area contributed by atoms with Crippen LogP contribution in [0.3, 0.4) is 0 Å². The van der Waals surface area contributed by atoms with Gasteiger partial charge < -0.3 is 14.2 Å². The van der Waals surface area contributed by atoms with Gasteiger partial charge in [-0.25, -0.2) is 4.79 Å². The highest BCUT2D eigenvalue weighted by molar-refractivity contribution is 5.89. The van der Waals surface area contributed by atoms with E-state index in [1.165, 1.54) is 4.57 Å². The molecule has 7 nitrogen and oxygen atoms in total. The lowest BCUT2D eigenvalue weighted by Crippen LogP contribution is -2.59. The Labute approximate surface area is 151 Å². The van der Waals surface area contributed by atoms with Crippen molar-refractivity contribution in [3.63, 3.8) is 0 Å². The van der Waals surface area contributed by atoms with Gasteiger partial charge in [-0.1, -0.05) is 24.3 Å². The van der Waals surface area contributed by atoms with E-state index in [-0.39, 0.29) is 17.5 Å².